The summed E-state index contributed by atoms with van der Waals surface area (Å²) in [6, 6.07) is 4.10. The van der Waals surface area contributed by atoms with Crippen molar-refractivity contribution in [2.24, 2.45) is 0 Å². The summed E-state index contributed by atoms with van der Waals surface area (Å²) in [5.41, 5.74) is 7.41. The van der Waals surface area contributed by atoms with Gasteiger partial charge in [0.2, 0.25) is 0 Å². The highest BCUT2D eigenvalue weighted by atomic mass is 32.2. The zero-order valence-corrected chi connectivity index (χ0v) is 10.3. The van der Waals surface area contributed by atoms with E-state index >= 15 is 0 Å². The molecule has 0 saturated carbocycles. The number of hydrogen-bond donors (Lipinski definition) is 1. The highest BCUT2D eigenvalue weighted by Gasteiger charge is 2.13. The van der Waals surface area contributed by atoms with E-state index in [-0.39, 0.29) is 0 Å². The Kier molecular flexibility index (Phi) is 2.76. The van der Waals surface area contributed by atoms with Crippen LogP contribution in [0.15, 0.2) is 24.5 Å². The molecule has 0 atom stereocenters. The van der Waals surface area contributed by atoms with Crippen LogP contribution in [0.2, 0.25) is 0 Å². The monoisotopic (exact) mass is 246 g/mol. The van der Waals surface area contributed by atoms with E-state index in [0.717, 1.165) is 29.8 Å². The van der Waals surface area contributed by atoms with Gasteiger partial charge in [-0.25, -0.2) is 4.98 Å². The van der Waals surface area contributed by atoms with Gasteiger partial charge in [0.15, 0.2) is 0 Å². The third kappa shape index (κ3) is 2.02. The molecule has 0 spiro atoms. The maximum absolute atomic E-state index is 5.91. The average Bonchev–Trinajstić information content (AvgIpc) is 2.40. The minimum atomic E-state index is 0.649. The number of nitrogens with zero attached hydrogens (tertiary/aromatic N) is 3. The minimum absolute atomic E-state index is 0.649. The second-order valence-electron chi connectivity index (χ2n) is 4.07. The van der Waals surface area contributed by atoms with Crippen molar-refractivity contribution >= 4 is 34.2 Å². The van der Waals surface area contributed by atoms with Crippen LogP contribution in [0.1, 0.15) is 0 Å². The Morgan fingerprint density at radius 1 is 1.18 bits per heavy atom. The normalized spacial score (nSPS) is 16.4. The fourth-order valence-electron chi connectivity index (χ4n) is 2.02. The molecule has 2 N–H and O–H groups in total. The maximum atomic E-state index is 5.91. The molecule has 88 valence electrons. The third-order valence-corrected chi connectivity index (χ3v) is 3.89. The largest absolute Gasteiger partial charge is 0.396 e. The van der Waals surface area contributed by atoms with Gasteiger partial charge in [0.1, 0.15) is 5.82 Å². The summed E-state index contributed by atoms with van der Waals surface area (Å²) >= 11 is 2.00. The van der Waals surface area contributed by atoms with E-state index in [2.05, 4.69) is 20.9 Å². The summed E-state index contributed by atoms with van der Waals surface area (Å²) in [6.07, 6.45) is 3.46. The topological polar surface area (TPSA) is 55.0 Å². The van der Waals surface area contributed by atoms with Gasteiger partial charge in [-0.3, -0.25) is 4.98 Å². The van der Waals surface area contributed by atoms with Crippen LogP contribution in [0.5, 0.6) is 0 Å². The Bertz CT molecular complexity index is 537. The van der Waals surface area contributed by atoms with Gasteiger partial charge in [-0.2, -0.15) is 11.8 Å². The fraction of sp³-hybridized carbons (Fsp3) is 0.333. The van der Waals surface area contributed by atoms with Gasteiger partial charge in [-0.1, -0.05) is 0 Å². The van der Waals surface area contributed by atoms with Crippen molar-refractivity contribution in [2.45, 2.75) is 0 Å². The van der Waals surface area contributed by atoms with Crippen LogP contribution in [-0.4, -0.2) is 34.6 Å². The number of pyridine rings is 2. The van der Waals surface area contributed by atoms with Crippen molar-refractivity contribution in [3.05, 3.63) is 24.5 Å². The molecule has 0 bridgehead atoms. The second-order valence-corrected chi connectivity index (χ2v) is 5.29. The van der Waals surface area contributed by atoms with Gasteiger partial charge < -0.3 is 10.6 Å². The molecule has 4 nitrogen and oxygen atoms in total. The van der Waals surface area contributed by atoms with Crippen molar-refractivity contribution < 1.29 is 0 Å². The van der Waals surface area contributed by atoms with Gasteiger partial charge in [-0.05, 0) is 12.1 Å². The minimum Gasteiger partial charge on any atom is -0.396 e. The summed E-state index contributed by atoms with van der Waals surface area (Å²) in [7, 11) is 0. The molecule has 1 saturated heterocycles. The van der Waals surface area contributed by atoms with Crippen LogP contribution in [0.3, 0.4) is 0 Å². The Balaban J connectivity index is 2.03. The summed E-state index contributed by atoms with van der Waals surface area (Å²) in [4.78, 5) is 11.0. The maximum Gasteiger partial charge on any atom is 0.129 e. The number of anilines is 2. The van der Waals surface area contributed by atoms with Crippen LogP contribution in [0.25, 0.3) is 10.9 Å². The molecule has 2 aromatic rings. The van der Waals surface area contributed by atoms with Gasteiger partial charge >= 0.3 is 0 Å². The van der Waals surface area contributed by atoms with E-state index in [0.29, 0.717) is 5.69 Å². The summed E-state index contributed by atoms with van der Waals surface area (Å²) in [5, 5.41) is 1.00. The predicted octanol–water partition coefficient (Wildman–Crippen LogP) is 1.77. The zero-order valence-electron chi connectivity index (χ0n) is 9.47. The zero-order chi connectivity index (χ0) is 11.7. The molecule has 0 unspecified atom stereocenters. The summed E-state index contributed by atoms with van der Waals surface area (Å²) in [6.45, 7) is 2.13. The molecule has 17 heavy (non-hydrogen) atoms. The Morgan fingerprint density at radius 2 is 2.00 bits per heavy atom. The number of nitrogen functional groups attached to an aromatic ring is 1. The van der Waals surface area contributed by atoms with Crippen molar-refractivity contribution in [1.82, 2.24) is 9.97 Å². The van der Waals surface area contributed by atoms with Gasteiger partial charge in [0.05, 0.1) is 17.4 Å². The van der Waals surface area contributed by atoms with Crippen LogP contribution in [0, 0.1) is 0 Å². The third-order valence-electron chi connectivity index (χ3n) is 2.95. The second kappa shape index (κ2) is 4.41. The molecule has 1 aliphatic rings. The molecule has 5 heteroatoms. The first kappa shape index (κ1) is 10.7. The van der Waals surface area contributed by atoms with Crippen molar-refractivity contribution in [3.8, 4) is 0 Å². The van der Waals surface area contributed by atoms with Crippen LogP contribution < -0.4 is 10.6 Å². The molecule has 3 rings (SSSR count). The lowest BCUT2D eigenvalue weighted by molar-refractivity contribution is 0.843. The lowest BCUT2D eigenvalue weighted by Crippen LogP contribution is -2.33. The van der Waals surface area contributed by atoms with Crippen LogP contribution >= 0.6 is 11.8 Å². The molecule has 0 aliphatic carbocycles. The van der Waals surface area contributed by atoms with Crippen molar-refractivity contribution in [1.29, 1.82) is 0 Å². The van der Waals surface area contributed by atoms with Gasteiger partial charge in [0.25, 0.3) is 0 Å². The van der Waals surface area contributed by atoms with Crippen LogP contribution in [-0.2, 0) is 0 Å². The fourth-order valence-corrected chi connectivity index (χ4v) is 2.93. The number of hydrogen-bond acceptors (Lipinski definition) is 5. The molecule has 0 radical (unpaired) electrons. The lowest BCUT2D eigenvalue weighted by atomic mass is 10.2. The Labute approximate surface area is 104 Å². The molecule has 3 heterocycles. The predicted molar refractivity (Wildman–Crippen MR) is 73.5 cm³/mol. The SMILES string of the molecule is Nc1cncc2ccc(N3CCSCC3)nc12. The van der Waals surface area contributed by atoms with Gasteiger partial charge in [-0.15, -0.1) is 0 Å². The van der Waals surface area contributed by atoms with E-state index in [4.69, 9.17) is 5.73 Å². The summed E-state index contributed by atoms with van der Waals surface area (Å²) in [5.74, 6) is 3.37. The molecule has 2 aromatic heterocycles. The number of thioether (sulfide) groups is 1. The molecular formula is C12H14N4S. The highest BCUT2D eigenvalue weighted by Crippen LogP contribution is 2.23. The summed E-state index contributed by atoms with van der Waals surface area (Å²) < 4.78 is 0. The van der Waals surface area contributed by atoms with E-state index in [9.17, 15) is 0 Å². The number of nitrogens with two attached hydrogens (primary N) is 1. The standard InChI is InChI=1S/C12H14N4S/c13-10-8-14-7-9-1-2-11(15-12(9)10)16-3-5-17-6-4-16/h1-2,7-8H,3-6,13H2. The highest BCUT2D eigenvalue weighted by molar-refractivity contribution is 7.99. The molecule has 1 aliphatic heterocycles. The van der Waals surface area contributed by atoms with Gasteiger partial charge in [0, 0.05) is 36.2 Å². The Morgan fingerprint density at radius 3 is 2.82 bits per heavy atom. The number of aromatic nitrogens is 2. The van der Waals surface area contributed by atoms with E-state index < -0.39 is 0 Å². The lowest BCUT2D eigenvalue weighted by Gasteiger charge is -2.27. The molecule has 0 amide bonds. The van der Waals surface area contributed by atoms with E-state index in [1.165, 1.54) is 11.5 Å². The smallest absolute Gasteiger partial charge is 0.129 e. The quantitative estimate of drug-likeness (QED) is 0.831. The van der Waals surface area contributed by atoms with E-state index in [1.807, 2.05) is 17.8 Å². The number of rotatable bonds is 1. The first-order chi connectivity index (χ1) is 8.34. The molecule has 1 fully saturated rings. The van der Waals surface area contributed by atoms with E-state index in [1.54, 1.807) is 12.4 Å². The molecular weight excluding hydrogens is 232 g/mol. The Hall–Kier alpha value is -1.49. The van der Waals surface area contributed by atoms with Crippen molar-refractivity contribution in [2.75, 3.05) is 35.2 Å². The van der Waals surface area contributed by atoms with Crippen LogP contribution in [0.4, 0.5) is 11.5 Å². The average molecular weight is 246 g/mol. The number of fused-ring (bicyclic) bond motifs is 1. The first-order valence-corrected chi connectivity index (χ1v) is 6.83. The van der Waals surface area contributed by atoms with Crippen molar-refractivity contribution in [3.63, 3.8) is 0 Å². The molecule has 0 aromatic carbocycles. The first-order valence-electron chi connectivity index (χ1n) is 5.67.